The zero-order valence-electron chi connectivity index (χ0n) is 6.77. The number of carboxylic acids is 1. The van der Waals surface area contributed by atoms with Crippen LogP contribution < -0.4 is 5.73 Å². The SMILES string of the molecule is Cc1cc(F)c(Br)c(C(=O)O)c1N. The summed E-state index contributed by atoms with van der Waals surface area (Å²) in [5, 5.41) is 8.72. The smallest absolute Gasteiger partial charge is 0.339 e. The minimum atomic E-state index is -1.24. The van der Waals surface area contributed by atoms with Gasteiger partial charge < -0.3 is 10.8 Å². The fraction of sp³-hybridized carbons (Fsp3) is 0.125. The van der Waals surface area contributed by atoms with E-state index in [-0.39, 0.29) is 15.7 Å². The topological polar surface area (TPSA) is 63.3 Å². The number of benzene rings is 1. The molecule has 0 spiro atoms. The van der Waals surface area contributed by atoms with E-state index < -0.39 is 11.8 Å². The average Bonchev–Trinajstić information content (AvgIpc) is 2.01. The van der Waals surface area contributed by atoms with Crippen molar-refractivity contribution < 1.29 is 14.3 Å². The van der Waals surface area contributed by atoms with E-state index in [1.54, 1.807) is 6.92 Å². The number of nitrogens with two attached hydrogens (primary N) is 1. The molecule has 0 atom stereocenters. The van der Waals surface area contributed by atoms with Crippen LogP contribution in [0.1, 0.15) is 15.9 Å². The number of aryl methyl sites for hydroxylation is 1. The van der Waals surface area contributed by atoms with Crippen LogP contribution in [0, 0.1) is 12.7 Å². The van der Waals surface area contributed by atoms with Crippen molar-refractivity contribution in [3.05, 3.63) is 27.5 Å². The van der Waals surface area contributed by atoms with Crippen molar-refractivity contribution >= 4 is 27.6 Å². The summed E-state index contributed by atoms with van der Waals surface area (Å²) in [6.45, 7) is 1.55. The molecule has 0 fully saturated rings. The maximum atomic E-state index is 13.0. The highest BCUT2D eigenvalue weighted by molar-refractivity contribution is 9.10. The van der Waals surface area contributed by atoms with Gasteiger partial charge in [0.1, 0.15) is 5.82 Å². The van der Waals surface area contributed by atoms with Crippen molar-refractivity contribution in [3.8, 4) is 0 Å². The summed E-state index contributed by atoms with van der Waals surface area (Å²) in [7, 11) is 0. The second-order valence-corrected chi connectivity index (χ2v) is 3.38. The van der Waals surface area contributed by atoms with Crippen LogP contribution in [-0.4, -0.2) is 11.1 Å². The highest BCUT2D eigenvalue weighted by atomic mass is 79.9. The third kappa shape index (κ3) is 1.65. The van der Waals surface area contributed by atoms with Crippen LogP contribution in [0.3, 0.4) is 0 Å². The van der Waals surface area contributed by atoms with Gasteiger partial charge in [0.05, 0.1) is 15.7 Å². The molecule has 3 N–H and O–H groups in total. The molecule has 0 aliphatic heterocycles. The summed E-state index contributed by atoms with van der Waals surface area (Å²) < 4.78 is 12.9. The Kier molecular flexibility index (Phi) is 2.56. The lowest BCUT2D eigenvalue weighted by atomic mass is 10.1. The third-order valence-electron chi connectivity index (χ3n) is 1.68. The number of carbonyl (C=O) groups is 1. The summed E-state index contributed by atoms with van der Waals surface area (Å²) >= 11 is 2.83. The van der Waals surface area contributed by atoms with E-state index in [2.05, 4.69) is 15.9 Å². The van der Waals surface area contributed by atoms with Gasteiger partial charge in [-0.3, -0.25) is 0 Å². The van der Waals surface area contributed by atoms with Crippen LogP contribution in [0.25, 0.3) is 0 Å². The fourth-order valence-corrected chi connectivity index (χ4v) is 1.47. The number of aromatic carboxylic acids is 1. The molecule has 0 aromatic heterocycles. The zero-order valence-corrected chi connectivity index (χ0v) is 8.35. The standard InChI is InChI=1S/C8H7BrFNO2/c1-3-2-4(10)6(9)5(7(3)11)8(12)13/h2H,11H2,1H3,(H,12,13). The monoisotopic (exact) mass is 247 g/mol. The minimum Gasteiger partial charge on any atom is -0.478 e. The molecule has 0 unspecified atom stereocenters. The van der Waals surface area contributed by atoms with Crippen LogP contribution in [0.4, 0.5) is 10.1 Å². The van der Waals surface area contributed by atoms with Crippen molar-refractivity contribution in [2.45, 2.75) is 6.92 Å². The number of hydrogen-bond acceptors (Lipinski definition) is 2. The molecule has 1 rings (SSSR count). The Bertz CT molecular complexity index is 353. The van der Waals surface area contributed by atoms with Gasteiger partial charge in [-0.05, 0) is 34.5 Å². The van der Waals surface area contributed by atoms with Crippen LogP contribution in [0.2, 0.25) is 0 Å². The Balaban J connectivity index is 3.56. The van der Waals surface area contributed by atoms with Crippen molar-refractivity contribution in [2.24, 2.45) is 0 Å². The van der Waals surface area contributed by atoms with Crippen LogP contribution in [-0.2, 0) is 0 Å². The molecule has 0 saturated heterocycles. The van der Waals surface area contributed by atoms with Gasteiger partial charge in [-0.2, -0.15) is 0 Å². The summed E-state index contributed by atoms with van der Waals surface area (Å²) in [6.07, 6.45) is 0. The Morgan fingerprint density at radius 2 is 2.23 bits per heavy atom. The predicted molar refractivity (Wildman–Crippen MR) is 50.2 cm³/mol. The normalized spacial score (nSPS) is 10.1. The van der Waals surface area contributed by atoms with Gasteiger partial charge in [0.2, 0.25) is 0 Å². The predicted octanol–water partition coefficient (Wildman–Crippen LogP) is 2.18. The number of anilines is 1. The second-order valence-electron chi connectivity index (χ2n) is 2.58. The summed E-state index contributed by atoms with van der Waals surface area (Å²) in [5.41, 5.74) is 5.75. The second kappa shape index (κ2) is 3.33. The molecule has 1 aromatic carbocycles. The number of carboxylic acid groups (broad SMARTS) is 1. The van der Waals surface area contributed by atoms with Crippen LogP contribution in [0.5, 0.6) is 0 Å². The van der Waals surface area contributed by atoms with E-state index in [4.69, 9.17) is 10.8 Å². The summed E-state index contributed by atoms with van der Waals surface area (Å²) in [6, 6.07) is 1.19. The van der Waals surface area contributed by atoms with Gasteiger partial charge >= 0.3 is 5.97 Å². The molecule has 3 nitrogen and oxygen atoms in total. The first-order valence-electron chi connectivity index (χ1n) is 3.42. The van der Waals surface area contributed by atoms with E-state index in [9.17, 15) is 9.18 Å². The van der Waals surface area contributed by atoms with E-state index in [0.717, 1.165) is 0 Å². The molecule has 0 amide bonds. The highest BCUT2D eigenvalue weighted by Crippen LogP contribution is 2.28. The number of rotatable bonds is 1. The van der Waals surface area contributed by atoms with E-state index in [1.165, 1.54) is 6.07 Å². The van der Waals surface area contributed by atoms with Crippen LogP contribution >= 0.6 is 15.9 Å². The Hall–Kier alpha value is -1.10. The first kappa shape index (κ1) is 9.98. The molecule has 0 aliphatic carbocycles. The molecule has 0 saturated carbocycles. The zero-order chi connectivity index (χ0) is 10.2. The lowest BCUT2D eigenvalue weighted by Crippen LogP contribution is -2.06. The van der Waals surface area contributed by atoms with Crippen molar-refractivity contribution in [3.63, 3.8) is 0 Å². The highest BCUT2D eigenvalue weighted by Gasteiger charge is 2.17. The Morgan fingerprint density at radius 3 is 2.69 bits per heavy atom. The Labute approximate surface area is 82.5 Å². The summed E-state index contributed by atoms with van der Waals surface area (Å²) in [5.74, 6) is -1.86. The quantitative estimate of drug-likeness (QED) is 0.748. The first-order valence-corrected chi connectivity index (χ1v) is 4.21. The minimum absolute atomic E-state index is 0.0841. The van der Waals surface area contributed by atoms with E-state index >= 15 is 0 Å². The molecule has 0 radical (unpaired) electrons. The van der Waals surface area contributed by atoms with Crippen LogP contribution in [0.15, 0.2) is 10.5 Å². The van der Waals surface area contributed by atoms with Gasteiger partial charge in [-0.1, -0.05) is 0 Å². The number of hydrogen-bond donors (Lipinski definition) is 2. The summed E-state index contributed by atoms with van der Waals surface area (Å²) in [4.78, 5) is 10.7. The molecule has 0 bridgehead atoms. The molecule has 0 heterocycles. The maximum absolute atomic E-state index is 13.0. The molecule has 5 heteroatoms. The van der Waals surface area contributed by atoms with Crippen molar-refractivity contribution in [2.75, 3.05) is 5.73 Å². The first-order chi connectivity index (χ1) is 5.95. The van der Waals surface area contributed by atoms with Crippen molar-refractivity contribution in [1.29, 1.82) is 0 Å². The van der Waals surface area contributed by atoms with Gasteiger partial charge in [0, 0.05) is 0 Å². The number of halogens is 2. The van der Waals surface area contributed by atoms with Crippen molar-refractivity contribution in [1.82, 2.24) is 0 Å². The lowest BCUT2D eigenvalue weighted by molar-refractivity contribution is 0.0696. The molecule has 0 aliphatic rings. The largest absolute Gasteiger partial charge is 0.478 e. The van der Waals surface area contributed by atoms with E-state index in [1.807, 2.05) is 0 Å². The average molecular weight is 248 g/mol. The molecular formula is C8H7BrFNO2. The lowest BCUT2D eigenvalue weighted by Gasteiger charge is -2.07. The fourth-order valence-electron chi connectivity index (χ4n) is 0.975. The Morgan fingerprint density at radius 1 is 1.69 bits per heavy atom. The molecular weight excluding hydrogens is 241 g/mol. The molecule has 70 valence electrons. The number of nitrogen functional groups attached to an aromatic ring is 1. The molecule has 13 heavy (non-hydrogen) atoms. The maximum Gasteiger partial charge on any atom is 0.339 e. The van der Waals surface area contributed by atoms with Gasteiger partial charge in [0.15, 0.2) is 0 Å². The van der Waals surface area contributed by atoms with Gasteiger partial charge in [-0.15, -0.1) is 0 Å². The van der Waals surface area contributed by atoms with Gasteiger partial charge in [-0.25, -0.2) is 9.18 Å². The third-order valence-corrected chi connectivity index (χ3v) is 2.46. The van der Waals surface area contributed by atoms with Gasteiger partial charge in [0.25, 0.3) is 0 Å². The van der Waals surface area contributed by atoms with E-state index in [0.29, 0.717) is 5.56 Å². The molecule has 1 aromatic rings.